The van der Waals surface area contributed by atoms with Crippen LogP contribution in [0.15, 0.2) is 41.7 Å². The van der Waals surface area contributed by atoms with E-state index in [2.05, 4.69) is 22.2 Å². The molecule has 0 aromatic carbocycles. The molecule has 0 saturated heterocycles. The fraction of sp³-hybridized carbons (Fsp3) is 0.333. The van der Waals surface area contributed by atoms with Gasteiger partial charge < -0.3 is 5.32 Å². The molecule has 2 rings (SSSR count). The van der Waals surface area contributed by atoms with Crippen molar-refractivity contribution in [3.05, 3.63) is 53.0 Å². The lowest BCUT2D eigenvalue weighted by Gasteiger charge is -2.07. The fourth-order valence-electron chi connectivity index (χ4n) is 1.87. The summed E-state index contributed by atoms with van der Waals surface area (Å²) in [5.74, 6) is -0.272. The molecule has 0 saturated carbocycles. The number of amides is 1. The third kappa shape index (κ3) is 4.52. The Hall–Kier alpha value is -2.50. The van der Waals surface area contributed by atoms with Gasteiger partial charge >= 0.3 is 0 Å². The Morgan fingerprint density at radius 1 is 1.33 bits per heavy atom. The van der Waals surface area contributed by atoms with Crippen molar-refractivity contribution in [1.29, 1.82) is 0 Å². The molecular formula is C15H18N4O2. The van der Waals surface area contributed by atoms with Crippen LogP contribution in [0.1, 0.15) is 25.5 Å². The van der Waals surface area contributed by atoms with Crippen LogP contribution in [0.4, 0.5) is 5.69 Å². The molecule has 0 bridgehead atoms. The maximum atomic E-state index is 11.9. The second-order valence-electron chi connectivity index (χ2n) is 4.73. The van der Waals surface area contributed by atoms with E-state index in [0.29, 0.717) is 5.69 Å². The Bertz CT molecular complexity index is 652. The van der Waals surface area contributed by atoms with E-state index < -0.39 is 0 Å². The van der Waals surface area contributed by atoms with Gasteiger partial charge in [-0.2, -0.15) is 0 Å². The first-order valence-corrected chi connectivity index (χ1v) is 6.94. The van der Waals surface area contributed by atoms with Crippen LogP contribution in [0, 0.1) is 0 Å². The molecule has 110 valence electrons. The van der Waals surface area contributed by atoms with Crippen LogP contribution in [0.3, 0.4) is 0 Å². The number of aryl methyl sites for hydroxylation is 1. The van der Waals surface area contributed by atoms with E-state index in [1.165, 1.54) is 17.0 Å². The zero-order valence-corrected chi connectivity index (χ0v) is 12.0. The normalized spacial score (nSPS) is 10.3. The summed E-state index contributed by atoms with van der Waals surface area (Å²) in [7, 11) is 0. The zero-order chi connectivity index (χ0) is 15.1. The molecule has 2 heterocycles. The van der Waals surface area contributed by atoms with Crippen molar-refractivity contribution in [1.82, 2.24) is 14.5 Å². The molecule has 0 atom stereocenters. The Kier molecular flexibility index (Phi) is 5.20. The minimum atomic E-state index is -0.272. The topological polar surface area (TPSA) is 76.9 Å². The first-order valence-electron chi connectivity index (χ1n) is 6.94. The molecule has 0 fully saturated rings. The first kappa shape index (κ1) is 14.9. The molecule has 2 aromatic rings. The summed E-state index contributed by atoms with van der Waals surface area (Å²) in [4.78, 5) is 31.9. The fourth-order valence-corrected chi connectivity index (χ4v) is 1.87. The van der Waals surface area contributed by atoms with Crippen molar-refractivity contribution in [2.24, 2.45) is 0 Å². The Morgan fingerprint density at radius 2 is 2.10 bits per heavy atom. The van der Waals surface area contributed by atoms with Gasteiger partial charge in [-0.25, -0.2) is 4.98 Å². The van der Waals surface area contributed by atoms with Crippen LogP contribution < -0.4 is 10.9 Å². The summed E-state index contributed by atoms with van der Waals surface area (Å²) in [5, 5.41) is 2.70. The number of anilines is 1. The maximum absolute atomic E-state index is 11.9. The van der Waals surface area contributed by atoms with Crippen molar-refractivity contribution in [3.63, 3.8) is 0 Å². The van der Waals surface area contributed by atoms with Crippen LogP contribution in [0.2, 0.25) is 0 Å². The highest BCUT2D eigenvalue weighted by Gasteiger charge is 2.06. The molecular weight excluding hydrogens is 268 g/mol. The third-order valence-corrected chi connectivity index (χ3v) is 3.00. The number of carbonyl (C=O) groups excluding carboxylic acids is 1. The van der Waals surface area contributed by atoms with Crippen LogP contribution in [0.5, 0.6) is 0 Å². The highest BCUT2D eigenvalue weighted by molar-refractivity contribution is 5.90. The smallest absolute Gasteiger partial charge is 0.253 e. The van der Waals surface area contributed by atoms with Gasteiger partial charge in [-0.3, -0.25) is 19.1 Å². The Balaban J connectivity index is 1.99. The summed E-state index contributed by atoms with van der Waals surface area (Å²) in [5.41, 5.74) is 1.21. The minimum absolute atomic E-state index is 0.0534. The van der Waals surface area contributed by atoms with E-state index in [4.69, 9.17) is 0 Å². The van der Waals surface area contributed by atoms with Crippen LogP contribution in [-0.2, 0) is 17.8 Å². The minimum Gasteiger partial charge on any atom is -0.324 e. The van der Waals surface area contributed by atoms with Gasteiger partial charge in [0.05, 0.1) is 6.33 Å². The van der Waals surface area contributed by atoms with Gasteiger partial charge in [0.15, 0.2) is 0 Å². The largest absolute Gasteiger partial charge is 0.324 e. The van der Waals surface area contributed by atoms with Crippen LogP contribution in [-0.4, -0.2) is 20.4 Å². The maximum Gasteiger partial charge on any atom is 0.253 e. The molecule has 1 amide bonds. The highest BCUT2D eigenvalue weighted by Crippen LogP contribution is 2.03. The Morgan fingerprint density at radius 3 is 2.76 bits per heavy atom. The number of carbonyl (C=O) groups is 1. The number of hydrogen-bond acceptors (Lipinski definition) is 4. The molecule has 6 heteroatoms. The number of rotatable bonds is 6. The van der Waals surface area contributed by atoms with Gasteiger partial charge in [0.1, 0.15) is 6.54 Å². The van der Waals surface area contributed by atoms with Gasteiger partial charge in [-0.15, -0.1) is 0 Å². The number of nitrogens with zero attached hydrogens (tertiary/aromatic N) is 3. The predicted octanol–water partition coefficient (Wildman–Crippen LogP) is 1.62. The average Bonchev–Trinajstić information content (AvgIpc) is 2.48. The van der Waals surface area contributed by atoms with Gasteiger partial charge in [-0.05, 0) is 25.0 Å². The van der Waals surface area contributed by atoms with E-state index in [-0.39, 0.29) is 18.0 Å². The second kappa shape index (κ2) is 7.33. The average molecular weight is 286 g/mol. The number of unbranched alkanes of at least 4 members (excludes halogenated alkanes) is 1. The van der Waals surface area contributed by atoms with Gasteiger partial charge in [0, 0.05) is 29.8 Å². The standard InChI is InChI=1S/C15H18N4O2/c1-2-3-4-13-9-15(21)19(11-17-13)10-14(20)18-12-5-7-16-8-6-12/h5-9,11H,2-4,10H2,1H3,(H,16,18,20). The SMILES string of the molecule is CCCCc1cc(=O)n(CC(=O)Nc2ccncc2)cn1. The molecule has 0 unspecified atom stereocenters. The van der Waals surface area contributed by atoms with E-state index in [0.717, 1.165) is 25.0 Å². The Labute approximate surface area is 122 Å². The summed E-state index contributed by atoms with van der Waals surface area (Å²) in [6.45, 7) is 2.03. The monoisotopic (exact) mass is 286 g/mol. The van der Waals surface area contributed by atoms with Crippen molar-refractivity contribution in [3.8, 4) is 0 Å². The van der Waals surface area contributed by atoms with Gasteiger partial charge in [0.2, 0.25) is 5.91 Å². The summed E-state index contributed by atoms with van der Waals surface area (Å²) in [6.07, 6.45) is 7.45. The van der Waals surface area contributed by atoms with Crippen molar-refractivity contribution < 1.29 is 4.79 Å². The summed E-state index contributed by atoms with van der Waals surface area (Å²) >= 11 is 0. The van der Waals surface area contributed by atoms with Gasteiger partial charge in [-0.1, -0.05) is 13.3 Å². The molecule has 0 radical (unpaired) electrons. The molecule has 2 aromatic heterocycles. The lowest BCUT2D eigenvalue weighted by Crippen LogP contribution is -2.27. The predicted molar refractivity (Wildman–Crippen MR) is 80.0 cm³/mol. The quantitative estimate of drug-likeness (QED) is 0.875. The molecule has 1 N–H and O–H groups in total. The summed E-state index contributed by atoms with van der Waals surface area (Å²) < 4.78 is 1.30. The number of hydrogen-bond donors (Lipinski definition) is 1. The van der Waals surface area contributed by atoms with Crippen molar-refractivity contribution >= 4 is 11.6 Å². The zero-order valence-electron chi connectivity index (χ0n) is 12.0. The van der Waals surface area contributed by atoms with E-state index in [9.17, 15) is 9.59 Å². The first-order chi connectivity index (χ1) is 10.2. The number of nitrogens with one attached hydrogen (secondary N) is 1. The third-order valence-electron chi connectivity index (χ3n) is 3.00. The molecule has 21 heavy (non-hydrogen) atoms. The molecule has 0 aliphatic heterocycles. The summed E-state index contributed by atoms with van der Waals surface area (Å²) in [6, 6.07) is 4.87. The van der Waals surface area contributed by atoms with Crippen molar-refractivity contribution in [2.45, 2.75) is 32.7 Å². The highest BCUT2D eigenvalue weighted by atomic mass is 16.2. The number of aromatic nitrogens is 3. The lowest BCUT2D eigenvalue weighted by atomic mass is 10.2. The molecule has 0 aliphatic rings. The van der Waals surface area contributed by atoms with E-state index in [1.54, 1.807) is 24.5 Å². The lowest BCUT2D eigenvalue weighted by molar-refractivity contribution is -0.116. The van der Waals surface area contributed by atoms with E-state index >= 15 is 0 Å². The number of pyridine rings is 1. The molecule has 0 aliphatic carbocycles. The van der Waals surface area contributed by atoms with Crippen molar-refractivity contribution in [2.75, 3.05) is 5.32 Å². The van der Waals surface area contributed by atoms with Crippen LogP contribution >= 0.6 is 0 Å². The van der Waals surface area contributed by atoms with E-state index in [1.807, 2.05) is 0 Å². The second-order valence-corrected chi connectivity index (χ2v) is 4.73. The molecule has 0 spiro atoms. The molecule has 6 nitrogen and oxygen atoms in total. The van der Waals surface area contributed by atoms with Gasteiger partial charge in [0.25, 0.3) is 5.56 Å². The van der Waals surface area contributed by atoms with Crippen LogP contribution in [0.25, 0.3) is 0 Å².